The van der Waals surface area contributed by atoms with Crippen LogP contribution >= 0.6 is 11.6 Å². The van der Waals surface area contributed by atoms with Crippen molar-refractivity contribution in [2.75, 3.05) is 13.2 Å². The molecule has 0 bridgehead atoms. The zero-order valence-corrected chi connectivity index (χ0v) is 16.0. The molecule has 3 atom stereocenters. The number of hydrogen-bond acceptors (Lipinski definition) is 2. The number of benzene rings is 1. The fraction of sp³-hybridized carbons (Fsp3) is 0.550. The number of nitrogens with zero attached hydrogens (tertiary/aromatic N) is 1. The number of carbonyl (C=O) groups excluding carboxylic acids is 1. The normalized spacial score (nSPS) is 25.9. The topological polar surface area (TPSA) is 43.3 Å². The molecule has 8 heteroatoms. The summed E-state index contributed by atoms with van der Waals surface area (Å²) >= 11 is 6.38. The minimum atomic E-state index is -4.22. The van der Waals surface area contributed by atoms with Gasteiger partial charge in [0.2, 0.25) is 0 Å². The van der Waals surface area contributed by atoms with Crippen molar-refractivity contribution in [2.24, 2.45) is 5.92 Å². The first-order chi connectivity index (χ1) is 13.3. The molecule has 1 saturated carbocycles. The quantitative estimate of drug-likeness (QED) is 0.758. The van der Waals surface area contributed by atoms with E-state index in [1.54, 1.807) is 12.3 Å². The summed E-state index contributed by atoms with van der Waals surface area (Å²) in [5.41, 5.74) is 1.24. The highest BCUT2D eigenvalue weighted by atomic mass is 35.5. The number of ether oxygens (including phenoxy) is 1. The predicted octanol–water partition coefficient (Wildman–Crippen LogP) is 5.11. The third-order valence-electron chi connectivity index (χ3n) is 5.82. The first-order valence-corrected chi connectivity index (χ1v) is 9.96. The summed E-state index contributed by atoms with van der Waals surface area (Å²) < 4.78 is 46.7. The Labute approximate surface area is 166 Å². The van der Waals surface area contributed by atoms with Gasteiger partial charge in [-0.3, -0.25) is 4.79 Å². The zero-order chi connectivity index (χ0) is 19.9. The van der Waals surface area contributed by atoms with Crippen molar-refractivity contribution in [3.8, 4) is 0 Å². The van der Waals surface area contributed by atoms with E-state index in [-0.39, 0.29) is 24.8 Å². The van der Waals surface area contributed by atoms with E-state index in [0.29, 0.717) is 42.0 Å². The molecule has 3 unspecified atom stereocenters. The maximum Gasteiger partial charge on any atom is 0.391 e. The fourth-order valence-electron chi connectivity index (χ4n) is 4.36. The molecule has 2 aliphatic rings. The molecule has 2 aromatic rings. The Bertz CT molecular complexity index is 874. The highest BCUT2D eigenvalue weighted by Crippen LogP contribution is 2.38. The van der Waals surface area contributed by atoms with Crippen molar-refractivity contribution >= 4 is 28.4 Å². The van der Waals surface area contributed by atoms with Gasteiger partial charge in [-0.25, -0.2) is 0 Å². The van der Waals surface area contributed by atoms with Crippen molar-refractivity contribution < 1.29 is 22.7 Å². The number of aromatic nitrogens is 1. The van der Waals surface area contributed by atoms with Crippen LogP contribution in [0.25, 0.3) is 10.9 Å². The number of fused-ring (bicyclic) bond motifs is 1. The van der Waals surface area contributed by atoms with Gasteiger partial charge in [-0.1, -0.05) is 24.1 Å². The third kappa shape index (κ3) is 3.74. The third-order valence-corrected chi connectivity index (χ3v) is 6.14. The molecule has 1 aliphatic carbocycles. The molecular formula is C20H22ClF3N2O2. The lowest BCUT2D eigenvalue weighted by molar-refractivity contribution is -0.183. The minimum absolute atomic E-state index is 0.0714. The molecule has 1 aliphatic heterocycles. The van der Waals surface area contributed by atoms with Gasteiger partial charge in [0.15, 0.2) is 0 Å². The molecule has 2 fully saturated rings. The van der Waals surface area contributed by atoms with E-state index in [9.17, 15) is 18.0 Å². The van der Waals surface area contributed by atoms with E-state index >= 15 is 0 Å². The molecule has 1 saturated heterocycles. The van der Waals surface area contributed by atoms with Crippen LogP contribution in [0.5, 0.6) is 0 Å². The van der Waals surface area contributed by atoms with Crippen LogP contribution in [0.4, 0.5) is 13.2 Å². The van der Waals surface area contributed by atoms with Crippen molar-refractivity contribution in [3.63, 3.8) is 0 Å². The average molecular weight is 415 g/mol. The van der Waals surface area contributed by atoms with E-state index in [2.05, 4.69) is 5.32 Å². The molecule has 28 heavy (non-hydrogen) atoms. The average Bonchev–Trinajstić information content (AvgIpc) is 3.29. The van der Waals surface area contributed by atoms with Crippen LogP contribution in [-0.4, -0.2) is 35.9 Å². The van der Waals surface area contributed by atoms with Crippen LogP contribution in [0, 0.1) is 5.92 Å². The molecule has 1 N–H and O–H groups in total. The highest BCUT2D eigenvalue weighted by molar-refractivity contribution is 6.36. The Hall–Kier alpha value is -1.73. The Kier molecular flexibility index (Phi) is 5.31. The number of amides is 1. The standard InChI is InChI=1S/C20H22ClF3N2O2/c21-16-5-2-6-17-18(16)15(10-26(17)14-7-8-28-11-14)19(27)25-13-4-1-3-12(9-13)20(22,23)24/h2,5-6,10,12-14H,1,3-4,7-9,11H2,(H,25,27). The smallest absolute Gasteiger partial charge is 0.379 e. The lowest BCUT2D eigenvalue weighted by Gasteiger charge is -2.31. The summed E-state index contributed by atoms with van der Waals surface area (Å²) in [6.07, 6.45) is -0.549. The molecular weight excluding hydrogens is 393 g/mol. The van der Waals surface area contributed by atoms with E-state index in [0.717, 1.165) is 11.9 Å². The van der Waals surface area contributed by atoms with Gasteiger partial charge in [-0.15, -0.1) is 0 Å². The van der Waals surface area contributed by atoms with E-state index in [1.165, 1.54) is 0 Å². The van der Waals surface area contributed by atoms with Crippen LogP contribution in [0.15, 0.2) is 24.4 Å². The number of hydrogen-bond donors (Lipinski definition) is 1. The van der Waals surface area contributed by atoms with Gasteiger partial charge in [0.25, 0.3) is 5.91 Å². The van der Waals surface area contributed by atoms with Gasteiger partial charge in [0.1, 0.15) is 0 Å². The van der Waals surface area contributed by atoms with Crippen molar-refractivity contribution in [1.29, 1.82) is 0 Å². The Morgan fingerprint density at radius 1 is 1.25 bits per heavy atom. The summed E-state index contributed by atoms with van der Waals surface area (Å²) in [6.45, 7) is 1.22. The summed E-state index contributed by atoms with van der Waals surface area (Å²) in [5, 5.41) is 3.91. The lowest BCUT2D eigenvalue weighted by atomic mass is 9.85. The summed E-state index contributed by atoms with van der Waals surface area (Å²) in [5.74, 6) is -1.73. The van der Waals surface area contributed by atoms with Crippen molar-refractivity contribution in [2.45, 2.75) is 50.4 Å². The first kappa shape index (κ1) is 19.6. The number of nitrogens with one attached hydrogen (secondary N) is 1. The number of halogens is 4. The Balaban J connectivity index is 1.61. The lowest BCUT2D eigenvalue weighted by Crippen LogP contribution is -2.41. The molecule has 1 amide bonds. The second kappa shape index (κ2) is 7.59. The maximum absolute atomic E-state index is 13.1. The molecule has 1 aromatic heterocycles. The molecule has 4 nitrogen and oxygen atoms in total. The van der Waals surface area contributed by atoms with Gasteiger partial charge < -0.3 is 14.6 Å². The second-order valence-corrected chi connectivity index (χ2v) is 8.08. The van der Waals surface area contributed by atoms with Crippen LogP contribution in [0.2, 0.25) is 5.02 Å². The number of alkyl halides is 3. The first-order valence-electron chi connectivity index (χ1n) is 9.59. The summed E-state index contributed by atoms with van der Waals surface area (Å²) in [7, 11) is 0. The molecule has 1 aromatic carbocycles. The van der Waals surface area contributed by atoms with Gasteiger partial charge in [0.05, 0.1) is 34.7 Å². The van der Waals surface area contributed by atoms with Gasteiger partial charge in [-0.2, -0.15) is 13.2 Å². The van der Waals surface area contributed by atoms with Crippen molar-refractivity contribution in [3.05, 3.63) is 35.0 Å². The summed E-state index contributed by atoms with van der Waals surface area (Å²) in [4.78, 5) is 13.0. The van der Waals surface area contributed by atoms with E-state index in [4.69, 9.17) is 16.3 Å². The zero-order valence-electron chi connectivity index (χ0n) is 15.3. The number of rotatable bonds is 3. The SMILES string of the molecule is O=C(NC1CCCC(C(F)(F)F)C1)c1cn(C2CCOC2)c2cccc(Cl)c12. The van der Waals surface area contributed by atoms with Gasteiger partial charge in [-0.05, 0) is 37.8 Å². The molecule has 4 rings (SSSR count). The predicted molar refractivity (Wildman–Crippen MR) is 101 cm³/mol. The molecule has 2 heterocycles. The highest BCUT2D eigenvalue weighted by Gasteiger charge is 2.42. The molecule has 0 radical (unpaired) electrons. The minimum Gasteiger partial charge on any atom is -0.379 e. The molecule has 0 spiro atoms. The van der Waals surface area contributed by atoms with Gasteiger partial charge in [0, 0.05) is 24.2 Å². The monoisotopic (exact) mass is 414 g/mol. The largest absolute Gasteiger partial charge is 0.391 e. The number of carbonyl (C=O) groups is 1. The van der Waals surface area contributed by atoms with Crippen molar-refractivity contribution in [1.82, 2.24) is 9.88 Å². The Morgan fingerprint density at radius 2 is 2.07 bits per heavy atom. The van der Waals surface area contributed by atoms with Crippen LogP contribution in [0.1, 0.15) is 48.5 Å². The Morgan fingerprint density at radius 3 is 2.79 bits per heavy atom. The molecule has 152 valence electrons. The van der Waals surface area contributed by atoms with E-state index < -0.39 is 18.1 Å². The maximum atomic E-state index is 13.1. The second-order valence-electron chi connectivity index (χ2n) is 7.68. The van der Waals surface area contributed by atoms with Gasteiger partial charge >= 0.3 is 6.18 Å². The van der Waals surface area contributed by atoms with Crippen LogP contribution in [-0.2, 0) is 4.74 Å². The van der Waals surface area contributed by atoms with E-state index in [1.807, 2.05) is 16.7 Å². The fourth-order valence-corrected chi connectivity index (χ4v) is 4.64. The van der Waals surface area contributed by atoms with Crippen LogP contribution < -0.4 is 5.32 Å². The van der Waals surface area contributed by atoms with Crippen LogP contribution in [0.3, 0.4) is 0 Å². The summed E-state index contributed by atoms with van der Waals surface area (Å²) in [6, 6.07) is 5.08.